The van der Waals surface area contributed by atoms with Crippen molar-refractivity contribution in [3.8, 4) is 11.6 Å². The molecule has 1 aliphatic rings. The van der Waals surface area contributed by atoms with Gasteiger partial charge in [-0.25, -0.2) is 10.4 Å². The number of H-pyrrole nitrogens is 1. The molecule has 25 heavy (non-hydrogen) atoms. The van der Waals surface area contributed by atoms with E-state index in [1.165, 1.54) is 0 Å². The summed E-state index contributed by atoms with van der Waals surface area (Å²) >= 11 is 0. The number of ether oxygens (including phenoxy) is 1. The molecule has 0 fully saturated rings. The number of nitrogens with zero attached hydrogens (tertiary/aromatic N) is 2. The summed E-state index contributed by atoms with van der Waals surface area (Å²) in [5.41, 5.74) is 5.61. The van der Waals surface area contributed by atoms with Crippen molar-refractivity contribution in [2.24, 2.45) is 11.0 Å². The van der Waals surface area contributed by atoms with E-state index in [0.717, 1.165) is 22.0 Å². The zero-order chi connectivity index (χ0) is 17.4. The van der Waals surface area contributed by atoms with Crippen LogP contribution in [0.25, 0.3) is 10.9 Å². The van der Waals surface area contributed by atoms with Crippen LogP contribution < -0.4 is 10.2 Å². The van der Waals surface area contributed by atoms with E-state index >= 15 is 0 Å². The van der Waals surface area contributed by atoms with Gasteiger partial charge in [-0.2, -0.15) is 5.10 Å². The predicted molar refractivity (Wildman–Crippen MR) is 95.9 cm³/mol. The Kier molecular flexibility index (Phi) is 3.72. The number of hydrogen-bond donors (Lipinski definition) is 2. The molecule has 0 saturated heterocycles. The molecule has 0 spiro atoms. The van der Waals surface area contributed by atoms with Gasteiger partial charge >= 0.3 is 0 Å². The van der Waals surface area contributed by atoms with Gasteiger partial charge in [0.2, 0.25) is 11.8 Å². The lowest BCUT2D eigenvalue weighted by atomic mass is 9.84. The van der Waals surface area contributed by atoms with Crippen molar-refractivity contribution in [2.45, 2.75) is 19.8 Å². The van der Waals surface area contributed by atoms with Gasteiger partial charge in [0.15, 0.2) is 0 Å². The second kappa shape index (κ2) is 6.05. The molecule has 0 radical (unpaired) electrons. The minimum absolute atomic E-state index is 0.0333. The second-order valence-corrected chi connectivity index (χ2v) is 6.24. The van der Waals surface area contributed by atoms with E-state index in [1.807, 2.05) is 50.4 Å². The lowest BCUT2D eigenvalue weighted by molar-refractivity contribution is -0.125. The maximum Gasteiger partial charge on any atom is 0.243 e. The molecule has 1 aliphatic heterocycles. The molecule has 2 N–H and O–H groups in total. The van der Waals surface area contributed by atoms with Crippen LogP contribution >= 0.6 is 0 Å². The van der Waals surface area contributed by atoms with Crippen molar-refractivity contribution in [3.63, 3.8) is 0 Å². The molecule has 2 aromatic heterocycles. The van der Waals surface area contributed by atoms with Gasteiger partial charge in [0.1, 0.15) is 5.75 Å². The standard InChI is InChI=1S/C19H18N4O2/c1-11-9-13(25-19-15-5-7-20-17(15)6-8-21-19)3-4-14(11)16-10-22-23-18(24)12(16)2/h3-10,12,16,20H,1-2H3,(H,23,24). The van der Waals surface area contributed by atoms with Gasteiger partial charge in [-0.15, -0.1) is 0 Å². The number of hydrogen-bond acceptors (Lipinski definition) is 4. The molecule has 1 amide bonds. The molecule has 3 aromatic rings. The van der Waals surface area contributed by atoms with Crippen LogP contribution in [0.2, 0.25) is 0 Å². The van der Waals surface area contributed by atoms with Crippen molar-refractivity contribution < 1.29 is 9.53 Å². The predicted octanol–water partition coefficient (Wildman–Crippen LogP) is 3.50. The van der Waals surface area contributed by atoms with E-state index in [2.05, 4.69) is 20.5 Å². The number of fused-ring (bicyclic) bond motifs is 1. The maximum atomic E-state index is 11.8. The number of hydrazone groups is 1. The van der Waals surface area contributed by atoms with Crippen molar-refractivity contribution in [1.82, 2.24) is 15.4 Å². The highest BCUT2D eigenvalue weighted by Gasteiger charge is 2.28. The number of amides is 1. The Balaban J connectivity index is 1.64. The van der Waals surface area contributed by atoms with E-state index in [1.54, 1.807) is 12.4 Å². The molecule has 0 aliphatic carbocycles. The molecule has 0 saturated carbocycles. The van der Waals surface area contributed by atoms with Crippen LogP contribution in [0.1, 0.15) is 24.0 Å². The number of carbonyl (C=O) groups excluding carboxylic acids is 1. The van der Waals surface area contributed by atoms with Crippen LogP contribution in [0.5, 0.6) is 11.6 Å². The number of aryl methyl sites for hydroxylation is 1. The first-order chi connectivity index (χ1) is 12.1. The SMILES string of the molecule is Cc1cc(Oc2nccc3[nH]ccc23)ccc1C1C=NNC(=O)C1C. The van der Waals surface area contributed by atoms with E-state index < -0.39 is 0 Å². The number of nitrogens with one attached hydrogen (secondary N) is 2. The van der Waals surface area contributed by atoms with E-state index in [4.69, 9.17) is 4.74 Å². The molecule has 0 bridgehead atoms. The average Bonchev–Trinajstić information content (AvgIpc) is 3.08. The summed E-state index contributed by atoms with van der Waals surface area (Å²) < 4.78 is 5.98. The molecular formula is C19H18N4O2. The first-order valence-electron chi connectivity index (χ1n) is 8.17. The van der Waals surface area contributed by atoms with E-state index in [0.29, 0.717) is 11.6 Å². The van der Waals surface area contributed by atoms with Gasteiger partial charge in [-0.3, -0.25) is 4.79 Å². The largest absolute Gasteiger partial charge is 0.438 e. The highest BCUT2D eigenvalue weighted by Crippen LogP contribution is 2.32. The smallest absolute Gasteiger partial charge is 0.243 e. The molecule has 126 valence electrons. The minimum atomic E-state index is -0.154. The van der Waals surface area contributed by atoms with Crippen molar-refractivity contribution in [2.75, 3.05) is 0 Å². The second-order valence-electron chi connectivity index (χ2n) is 6.24. The number of aromatic amines is 1. The summed E-state index contributed by atoms with van der Waals surface area (Å²) in [4.78, 5) is 19.3. The third-order valence-corrected chi connectivity index (χ3v) is 4.62. The highest BCUT2D eigenvalue weighted by atomic mass is 16.5. The van der Waals surface area contributed by atoms with Gasteiger partial charge in [0.05, 0.1) is 10.9 Å². The summed E-state index contributed by atoms with van der Waals surface area (Å²) in [5, 5.41) is 4.90. The fraction of sp³-hybridized carbons (Fsp3) is 0.211. The third-order valence-electron chi connectivity index (χ3n) is 4.62. The number of pyridine rings is 1. The normalized spacial score (nSPS) is 19.8. The van der Waals surface area contributed by atoms with Crippen molar-refractivity contribution in [1.29, 1.82) is 0 Å². The van der Waals surface area contributed by atoms with Crippen LogP contribution in [0.4, 0.5) is 0 Å². The molecule has 6 heteroatoms. The fourth-order valence-corrected chi connectivity index (χ4v) is 3.16. The molecule has 4 rings (SSSR count). The Hall–Kier alpha value is -3.15. The topological polar surface area (TPSA) is 79.4 Å². The van der Waals surface area contributed by atoms with Crippen LogP contribution in [0, 0.1) is 12.8 Å². The van der Waals surface area contributed by atoms with Crippen molar-refractivity contribution >= 4 is 23.0 Å². The Morgan fingerprint density at radius 1 is 1.20 bits per heavy atom. The summed E-state index contributed by atoms with van der Waals surface area (Å²) in [6, 6.07) is 9.72. The van der Waals surface area contributed by atoms with Crippen LogP contribution in [0.15, 0.2) is 47.8 Å². The Morgan fingerprint density at radius 3 is 2.92 bits per heavy atom. The third kappa shape index (κ3) is 2.76. The summed E-state index contributed by atoms with van der Waals surface area (Å²) in [5.74, 6) is 1.04. The van der Waals surface area contributed by atoms with Crippen LogP contribution in [-0.2, 0) is 4.79 Å². The molecule has 3 heterocycles. The quantitative estimate of drug-likeness (QED) is 0.769. The maximum absolute atomic E-state index is 11.8. The molecular weight excluding hydrogens is 316 g/mol. The average molecular weight is 334 g/mol. The van der Waals surface area contributed by atoms with Gasteiger partial charge < -0.3 is 9.72 Å². The summed E-state index contributed by atoms with van der Waals surface area (Å²) in [6.07, 6.45) is 5.37. The molecule has 6 nitrogen and oxygen atoms in total. The number of rotatable bonds is 3. The Morgan fingerprint density at radius 2 is 2.08 bits per heavy atom. The number of carbonyl (C=O) groups is 1. The Bertz CT molecular complexity index is 976. The van der Waals surface area contributed by atoms with Crippen LogP contribution in [-0.4, -0.2) is 22.1 Å². The molecule has 1 aromatic carbocycles. The molecule has 2 atom stereocenters. The zero-order valence-electron chi connectivity index (χ0n) is 14.0. The Labute approximate surface area is 144 Å². The minimum Gasteiger partial charge on any atom is -0.438 e. The lowest BCUT2D eigenvalue weighted by Crippen LogP contribution is -2.34. The van der Waals surface area contributed by atoms with Crippen LogP contribution in [0.3, 0.4) is 0 Å². The van der Waals surface area contributed by atoms with Gasteiger partial charge in [0.25, 0.3) is 0 Å². The van der Waals surface area contributed by atoms with Crippen molar-refractivity contribution in [3.05, 3.63) is 53.9 Å². The van der Waals surface area contributed by atoms with Gasteiger partial charge in [-0.05, 0) is 42.3 Å². The zero-order valence-corrected chi connectivity index (χ0v) is 14.0. The lowest BCUT2D eigenvalue weighted by Gasteiger charge is -2.24. The summed E-state index contributed by atoms with van der Waals surface area (Å²) in [6.45, 7) is 3.92. The highest BCUT2D eigenvalue weighted by molar-refractivity contribution is 5.88. The number of aromatic nitrogens is 2. The van der Waals surface area contributed by atoms with E-state index in [-0.39, 0.29) is 17.7 Å². The van der Waals surface area contributed by atoms with E-state index in [9.17, 15) is 4.79 Å². The first kappa shape index (κ1) is 15.4. The fourth-order valence-electron chi connectivity index (χ4n) is 3.16. The molecule has 2 unspecified atom stereocenters. The summed E-state index contributed by atoms with van der Waals surface area (Å²) in [7, 11) is 0. The van der Waals surface area contributed by atoms with Gasteiger partial charge in [0, 0.05) is 30.4 Å². The monoisotopic (exact) mass is 334 g/mol. The number of benzene rings is 1. The van der Waals surface area contributed by atoms with Gasteiger partial charge in [-0.1, -0.05) is 13.0 Å². The first-order valence-corrected chi connectivity index (χ1v) is 8.17.